The molecule has 33 heavy (non-hydrogen) atoms. The Balaban J connectivity index is 1.62. The molecule has 0 bridgehead atoms. The zero-order valence-electron chi connectivity index (χ0n) is 18.4. The minimum absolute atomic E-state index is 0.215. The summed E-state index contributed by atoms with van der Waals surface area (Å²) in [5.41, 5.74) is 5.21. The van der Waals surface area contributed by atoms with Gasteiger partial charge >= 0.3 is 0 Å². The highest BCUT2D eigenvalue weighted by molar-refractivity contribution is 5.91. The number of nitrogens with zero attached hydrogens (tertiary/aromatic N) is 2. The van der Waals surface area contributed by atoms with E-state index in [2.05, 4.69) is 45.5 Å². The zero-order valence-corrected chi connectivity index (χ0v) is 18.4. The lowest BCUT2D eigenvalue weighted by molar-refractivity contribution is 0.386. The van der Waals surface area contributed by atoms with Crippen molar-refractivity contribution in [1.82, 2.24) is 9.88 Å². The van der Waals surface area contributed by atoms with Crippen LogP contribution in [0, 0.1) is 17.1 Å². The molecule has 5 nitrogen and oxygen atoms in total. The van der Waals surface area contributed by atoms with Crippen molar-refractivity contribution in [3.05, 3.63) is 78.1 Å². The molecule has 1 aliphatic heterocycles. The van der Waals surface area contributed by atoms with E-state index in [0.29, 0.717) is 11.6 Å². The van der Waals surface area contributed by atoms with Crippen LogP contribution in [0.15, 0.2) is 66.7 Å². The maximum atomic E-state index is 14.6. The first kappa shape index (κ1) is 21.0. The molecule has 3 aromatic carbocycles. The molecule has 4 aromatic rings. The number of hydrogen-bond donors (Lipinski definition) is 2. The topological polar surface area (TPSA) is 62.0 Å². The van der Waals surface area contributed by atoms with Crippen LogP contribution in [-0.4, -0.2) is 30.8 Å². The molecule has 0 spiro atoms. The van der Waals surface area contributed by atoms with Crippen molar-refractivity contribution < 1.29 is 9.13 Å². The fraction of sp³-hybridized carbons (Fsp3) is 0.222. The zero-order chi connectivity index (χ0) is 22.8. The van der Waals surface area contributed by atoms with Crippen molar-refractivity contribution in [2.24, 2.45) is 0 Å². The molecule has 6 heteroatoms. The molecule has 1 aliphatic rings. The molecule has 0 saturated carbocycles. The smallest absolute Gasteiger partial charge is 0.165 e. The van der Waals surface area contributed by atoms with Gasteiger partial charge < -0.3 is 19.9 Å². The van der Waals surface area contributed by atoms with Crippen LogP contribution >= 0.6 is 0 Å². The van der Waals surface area contributed by atoms with Crippen molar-refractivity contribution >= 4 is 16.6 Å². The quantitative estimate of drug-likeness (QED) is 0.431. The number of anilines is 1. The molecular weight excluding hydrogens is 415 g/mol. The summed E-state index contributed by atoms with van der Waals surface area (Å²) in [6.45, 7) is 2.03. The molecule has 0 radical (unpaired) electrons. The number of fused-ring (bicyclic) bond motifs is 1. The van der Waals surface area contributed by atoms with Gasteiger partial charge in [0.25, 0.3) is 0 Å². The van der Waals surface area contributed by atoms with Crippen LogP contribution in [0.1, 0.15) is 18.4 Å². The van der Waals surface area contributed by atoms with Gasteiger partial charge in [0.1, 0.15) is 0 Å². The molecule has 0 amide bonds. The Bertz CT molecular complexity index is 1330. The first-order valence-corrected chi connectivity index (χ1v) is 11.1. The fourth-order valence-corrected chi connectivity index (χ4v) is 4.52. The van der Waals surface area contributed by atoms with Crippen LogP contribution in [0.5, 0.6) is 5.75 Å². The Hall–Kier alpha value is -3.82. The molecule has 1 aromatic heterocycles. The second kappa shape index (κ2) is 8.97. The molecule has 2 heterocycles. The van der Waals surface area contributed by atoms with Crippen LogP contribution in [0.2, 0.25) is 0 Å². The van der Waals surface area contributed by atoms with E-state index in [0.717, 1.165) is 53.0 Å². The summed E-state index contributed by atoms with van der Waals surface area (Å²) in [6.07, 6.45) is 2.32. The van der Waals surface area contributed by atoms with Crippen LogP contribution < -0.4 is 15.4 Å². The Morgan fingerprint density at radius 1 is 1.09 bits per heavy atom. The third-order valence-corrected chi connectivity index (χ3v) is 6.17. The minimum atomic E-state index is -0.404. The fourth-order valence-electron chi connectivity index (χ4n) is 4.52. The first-order valence-electron chi connectivity index (χ1n) is 11.1. The highest BCUT2D eigenvalue weighted by atomic mass is 19.1. The van der Waals surface area contributed by atoms with Crippen molar-refractivity contribution in [3.63, 3.8) is 0 Å². The SMILES string of the molecule is COc1ccc(-c2cc3cc(NC4CCCNC4)ccc3n2-c2ccc(C#N)cc2)cc1F. The van der Waals surface area contributed by atoms with E-state index in [9.17, 15) is 9.65 Å². The van der Waals surface area contributed by atoms with Gasteiger partial charge in [-0.3, -0.25) is 0 Å². The van der Waals surface area contributed by atoms with Gasteiger partial charge in [0.15, 0.2) is 11.6 Å². The number of halogens is 1. The highest BCUT2D eigenvalue weighted by Crippen LogP contribution is 2.35. The standard InChI is InChI=1S/C27H25FN4O/c1-33-27-11-6-19(14-24(27)28)26-15-20-13-21(31-22-3-2-12-30-17-22)7-10-25(20)32(26)23-8-4-18(16-29)5-9-23/h4-11,13-15,22,30-31H,2-3,12,17H2,1H3. The number of benzene rings is 3. The van der Waals surface area contributed by atoms with Crippen LogP contribution in [0.25, 0.3) is 27.8 Å². The van der Waals surface area contributed by atoms with Gasteiger partial charge in [-0.05, 0) is 86.1 Å². The molecule has 2 N–H and O–H groups in total. The summed E-state index contributed by atoms with van der Waals surface area (Å²) in [7, 11) is 1.46. The number of ether oxygens (including phenoxy) is 1. The number of piperidine rings is 1. The van der Waals surface area contributed by atoms with E-state index in [1.165, 1.54) is 19.6 Å². The van der Waals surface area contributed by atoms with Gasteiger partial charge in [0, 0.05) is 34.9 Å². The Morgan fingerprint density at radius 2 is 1.94 bits per heavy atom. The molecule has 1 unspecified atom stereocenters. The van der Waals surface area contributed by atoms with E-state index < -0.39 is 5.82 Å². The summed E-state index contributed by atoms with van der Waals surface area (Å²) in [5, 5.41) is 17.3. The lowest BCUT2D eigenvalue weighted by atomic mass is 10.1. The van der Waals surface area contributed by atoms with Gasteiger partial charge in [0.2, 0.25) is 0 Å². The Kier molecular flexibility index (Phi) is 5.72. The van der Waals surface area contributed by atoms with Crippen molar-refractivity contribution in [2.45, 2.75) is 18.9 Å². The van der Waals surface area contributed by atoms with E-state index in [1.54, 1.807) is 18.2 Å². The second-order valence-electron chi connectivity index (χ2n) is 8.33. The average molecular weight is 441 g/mol. The Morgan fingerprint density at radius 3 is 2.64 bits per heavy atom. The molecule has 166 valence electrons. The largest absolute Gasteiger partial charge is 0.494 e. The summed E-state index contributed by atoms with van der Waals surface area (Å²) in [5.74, 6) is -0.189. The number of methoxy groups -OCH3 is 1. The molecule has 1 saturated heterocycles. The van der Waals surface area contributed by atoms with Gasteiger partial charge in [-0.1, -0.05) is 0 Å². The number of rotatable bonds is 5. The lowest BCUT2D eigenvalue weighted by Crippen LogP contribution is -2.38. The number of nitrogens with one attached hydrogen (secondary N) is 2. The summed E-state index contributed by atoms with van der Waals surface area (Å²) >= 11 is 0. The van der Waals surface area contributed by atoms with Crippen LogP contribution in [0.3, 0.4) is 0 Å². The minimum Gasteiger partial charge on any atom is -0.494 e. The predicted molar refractivity (Wildman–Crippen MR) is 129 cm³/mol. The Labute approximate surface area is 192 Å². The number of hydrogen-bond acceptors (Lipinski definition) is 4. The monoisotopic (exact) mass is 440 g/mol. The molecular formula is C27H25FN4O. The van der Waals surface area contributed by atoms with Gasteiger partial charge in [-0.15, -0.1) is 0 Å². The summed E-state index contributed by atoms with van der Waals surface area (Å²) < 4.78 is 21.8. The van der Waals surface area contributed by atoms with Crippen molar-refractivity contribution in [2.75, 3.05) is 25.5 Å². The lowest BCUT2D eigenvalue weighted by Gasteiger charge is -2.24. The molecule has 0 aliphatic carbocycles. The maximum absolute atomic E-state index is 14.6. The molecule has 1 atom stereocenters. The molecule has 5 rings (SSSR count). The third-order valence-electron chi connectivity index (χ3n) is 6.17. The third kappa shape index (κ3) is 4.15. The van der Waals surface area contributed by atoms with Crippen LogP contribution in [-0.2, 0) is 0 Å². The summed E-state index contributed by atoms with van der Waals surface area (Å²) in [6, 6.07) is 23.4. The predicted octanol–water partition coefficient (Wildman–Crippen LogP) is 5.48. The van der Waals surface area contributed by atoms with Crippen LogP contribution in [0.4, 0.5) is 10.1 Å². The normalized spacial score (nSPS) is 15.8. The van der Waals surface area contributed by atoms with Crippen molar-refractivity contribution in [1.29, 1.82) is 5.26 Å². The van der Waals surface area contributed by atoms with Crippen molar-refractivity contribution in [3.8, 4) is 28.8 Å². The average Bonchev–Trinajstić information content (AvgIpc) is 3.23. The van der Waals surface area contributed by atoms with Gasteiger partial charge in [-0.2, -0.15) is 5.26 Å². The van der Waals surface area contributed by atoms with E-state index in [4.69, 9.17) is 4.74 Å². The van der Waals surface area contributed by atoms with Gasteiger partial charge in [-0.25, -0.2) is 4.39 Å². The maximum Gasteiger partial charge on any atom is 0.165 e. The highest BCUT2D eigenvalue weighted by Gasteiger charge is 2.17. The second-order valence-corrected chi connectivity index (χ2v) is 8.33. The van der Waals surface area contributed by atoms with E-state index >= 15 is 0 Å². The number of aromatic nitrogens is 1. The van der Waals surface area contributed by atoms with E-state index in [-0.39, 0.29) is 5.75 Å². The summed E-state index contributed by atoms with van der Waals surface area (Å²) in [4.78, 5) is 0. The van der Waals surface area contributed by atoms with Gasteiger partial charge in [0.05, 0.1) is 30.0 Å². The number of nitriles is 1. The van der Waals surface area contributed by atoms with E-state index in [1.807, 2.05) is 18.2 Å². The first-order chi connectivity index (χ1) is 16.2. The molecule has 1 fully saturated rings.